The van der Waals surface area contributed by atoms with Gasteiger partial charge in [-0.15, -0.1) is 0 Å². The van der Waals surface area contributed by atoms with Crippen molar-refractivity contribution in [2.24, 2.45) is 0 Å². The number of amides is 2. The van der Waals surface area contributed by atoms with E-state index in [1.54, 1.807) is 24.3 Å². The van der Waals surface area contributed by atoms with Crippen molar-refractivity contribution < 1.29 is 4.79 Å². The molecule has 0 saturated heterocycles. The van der Waals surface area contributed by atoms with Gasteiger partial charge in [-0.1, -0.05) is 17.7 Å². The number of imidazole rings is 1. The third-order valence-electron chi connectivity index (χ3n) is 3.26. The summed E-state index contributed by atoms with van der Waals surface area (Å²) in [7, 11) is 0. The van der Waals surface area contributed by atoms with E-state index in [9.17, 15) is 4.79 Å². The average molecular weight is 394 g/mol. The van der Waals surface area contributed by atoms with Gasteiger partial charge in [-0.05, 0) is 52.7 Å². The second kappa shape index (κ2) is 6.60. The van der Waals surface area contributed by atoms with Gasteiger partial charge in [-0.25, -0.2) is 9.78 Å². The van der Waals surface area contributed by atoms with Crippen LogP contribution >= 0.6 is 27.5 Å². The Balaban J connectivity index is 1.66. The van der Waals surface area contributed by atoms with Crippen LogP contribution in [0.25, 0.3) is 5.65 Å². The van der Waals surface area contributed by atoms with E-state index in [2.05, 4.69) is 31.5 Å². The van der Waals surface area contributed by atoms with Crippen LogP contribution in [0.1, 0.15) is 11.3 Å². The van der Waals surface area contributed by atoms with Crippen LogP contribution in [0.3, 0.4) is 0 Å². The van der Waals surface area contributed by atoms with E-state index in [1.807, 2.05) is 29.8 Å². The summed E-state index contributed by atoms with van der Waals surface area (Å²) in [6.45, 7) is 2.33. The number of pyridine rings is 1. The summed E-state index contributed by atoms with van der Waals surface area (Å²) >= 11 is 9.34. The molecule has 2 N–H and O–H groups in total. The maximum atomic E-state index is 11.9. The molecule has 1 aromatic carbocycles. The standard InChI is InChI=1S/C16H14BrClN4O/c1-10-5-11(17)8-22-9-14(20-15(10)22)7-19-16(23)21-13-4-2-3-12(18)6-13/h2-6,8-9H,7H2,1H3,(H2,19,21,23). The van der Waals surface area contributed by atoms with Gasteiger partial charge in [0.2, 0.25) is 0 Å². The Bertz CT molecular complexity index is 878. The molecule has 0 spiro atoms. The number of halogens is 2. The van der Waals surface area contributed by atoms with Crippen LogP contribution in [0.5, 0.6) is 0 Å². The number of nitrogens with zero attached hydrogens (tertiary/aromatic N) is 2. The molecule has 0 radical (unpaired) electrons. The number of carbonyl (C=O) groups is 1. The van der Waals surface area contributed by atoms with Gasteiger partial charge < -0.3 is 15.0 Å². The molecule has 0 aliphatic rings. The lowest BCUT2D eigenvalue weighted by atomic mass is 10.3. The number of aryl methyl sites for hydroxylation is 1. The summed E-state index contributed by atoms with van der Waals surface area (Å²) in [6, 6.07) is 8.69. The van der Waals surface area contributed by atoms with Crippen LogP contribution in [-0.4, -0.2) is 15.4 Å². The second-order valence-electron chi connectivity index (χ2n) is 5.12. The van der Waals surface area contributed by atoms with Crippen LogP contribution < -0.4 is 10.6 Å². The van der Waals surface area contributed by atoms with Gasteiger partial charge in [-0.3, -0.25) is 0 Å². The number of aromatic nitrogens is 2. The van der Waals surface area contributed by atoms with E-state index in [0.29, 0.717) is 17.3 Å². The van der Waals surface area contributed by atoms with E-state index in [0.717, 1.165) is 21.4 Å². The van der Waals surface area contributed by atoms with Crippen molar-refractivity contribution in [2.75, 3.05) is 5.32 Å². The minimum atomic E-state index is -0.303. The normalized spacial score (nSPS) is 10.7. The van der Waals surface area contributed by atoms with Crippen molar-refractivity contribution >= 4 is 44.9 Å². The lowest BCUT2D eigenvalue weighted by Crippen LogP contribution is -2.28. The topological polar surface area (TPSA) is 58.4 Å². The molecule has 0 aliphatic heterocycles. The zero-order valence-corrected chi connectivity index (χ0v) is 14.6. The highest BCUT2D eigenvalue weighted by atomic mass is 79.9. The first-order valence-corrected chi connectivity index (χ1v) is 8.12. The number of hydrogen-bond acceptors (Lipinski definition) is 2. The first kappa shape index (κ1) is 15.8. The molecule has 7 heteroatoms. The fraction of sp³-hybridized carbons (Fsp3) is 0.125. The van der Waals surface area contributed by atoms with E-state index in [1.165, 1.54) is 0 Å². The van der Waals surface area contributed by atoms with Crippen LogP contribution in [0.15, 0.2) is 47.2 Å². The predicted molar refractivity (Wildman–Crippen MR) is 94.9 cm³/mol. The summed E-state index contributed by atoms with van der Waals surface area (Å²) < 4.78 is 2.92. The molecule has 0 fully saturated rings. The number of benzene rings is 1. The highest BCUT2D eigenvalue weighted by Crippen LogP contribution is 2.17. The summed E-state index contributed by atoms with van der Waals surface area (Å²) in [5, 5.41) is 6.09. The largest absolute Gasteiger partial charge is 0.332 e. The molecule has 23 heavy (non-hydrogen) atoms. The van der Waals surface area contributed by atoms with E-state index >= 15 is 0 Å². The first-order chi connectivity index (χ1) is 11.0. The van der Waals surface area contributed by atoms with E-state index < -0.39 is 0 Å². The van der Waals surface area contributed by atoms with Crippen molar-refractivity contribution in [3.63, 3.8) is 0 Å². The van der Waals surface area contributed by atoms with Gasteiger partial charge in [0.05, 0.1) is 12.2 Å². The number of hydrogen-bond donors (Lipinski definition) is 2. The minimum absolute atomic E-state index is 0.303. The SMILES string of the molecule is Cc1cc(Br)cn2cc(CNC(=O)Nc3cccc(Cl)c3)nc12. The van der Waals surface area contributed by atoms with Gasteiger partial charge in [0.25, 0.3) is 0 Å². The van der Waals surface area contributed by atoms with Gasteiger partial charge >= 0.3 is 6.03 Å². The van der Waals surface area contributed by atoms with Crippen molar-refractivity contribution in [1.82, 2.24) is 14.7 Å². The summed E-state index contributed by atoms with van der Waals surface area (Å²) in [4.78, 5) is 16.5. The van der Waals surface area contributed by atoms with Crippen LogP contribution in [0.2, 0.25) is 5.02 Å². The Morgan fingerprint density at radius 2 is 2.17 bits per heavy atom. The zero-order chi connectivity index (χ0) is 16.4. The molecule has 0 bridgehead atoms. The lowest BCUT2D eigenvalue weighted by Gasteiger charge is -2.06. The van der Waals surface area contributed by atoms with Gasteiger partial charge in [0.1, 0.15) is 5.65 Å². The van der Waals surface area contributed by atoms with Crippen LogP contribution in [-0.2, 0) is 6.54 Å². The summed E-state index contributed by atoms with van der Waals surface area (Å²) in [5.41, 5.74) is 3.37. The summed E-state index contributed by atoms with van der Waals surface area (Å²) in [5.74, 6) is 0. The third-order valence-corrected chi connectivity index (χ3v) is 3.93. The highest BCUT2D eigenvalue weighted by Gasteiger charge is 2.07. The Morgan fingerprint density at radius 3 is 2.96 bits per heavy atom. The second-order valence-corrected chi connectivity index (χ2v) is 6.47. The third kappa shape index (κ3) is 3.83. The Hall–Kier alpha value is -2.05. The molecule has 2 aromatic heterocycles. The molecule has 0 aliphatic carbocycles. The summed E-state index contributed by atoms with van der Waals surface area (Å²) in [6.07, 6.45) is 3.83. The molecule has 118 valence electrons. The first-order valence-electron chi connectivity index (χ1n) is 6.95. The maximum Gasteiger partial charge on any atom is 0.319 e. The van der Waals surface area contributed by atoms with Crippen LogP contribution in [0, 0.1) is 6.92 Å². The number of rotatable bonds is 3. The Labute approximate surface area is 146 Å². The molecule has 0 saturated carbocycles. The zero-order valence-electron chi connectivity index (χ0n) is 12.3. The minimum Gasteiger partial charge on any atom is -0.332 e. The monoisotopic (exact) mass is 392 g/mol. The van der Waals surface area contributed by atoms with Crippen molar-refractivity contribution in [2.45, 2.75) is 13.5 Å². The number of urea groups is 1. The van der Waals surface area contributed by atoms with Crippen molar-refractivity contribution in [3.05, 3.63) is 63.5 Å². The molecule has 3 rings (SSSR count). The fourth-order valence-electron chi connectivity index (χ4n) is 2.27. The van der Waals surface area contributed by atoms with Crippen molar-refractivity contribution in [3.8, 4) is 0 Å². The highest BCUT2D eigenvalue weighted by molar-refractivity contribution is 9.10. The number of carbonyl (C=O) groups excluding carboxylic acids is 1. The fourth-order valence-corrected chi connectivity index (χ4v) is 3.03. The molecular formula is C16H14BrClN4O. The van der Waals surface area contributed by atoms with Crippen LogP contribution in [0.4, 0.5) is 10.5 Å². The molecule has 2 heterocycles. The molecular weight excluding hydrogens is 380 g/mol. The lowest BCUT2D eigenvalue weighted by molar-refractivity contribution is 0.251. The number of nitrogens with one attached hydrogen (secondary N) is 2. The predicted octanol–water partition coefficient (Wildman–Crippen LogP) is 4.38. The van der Waals surface area contributed by atoms with E-state index in [-0.39, 0.29) is 6.03 Å². The number of anilines is 1. The quantitative estimate of drug-likeness (QED) is 0.694. The Morgan fingerprint density at radius 1 is 1.35 bits per heavy atom. The van der Waals surface area contributed by atoms with Gasteiger partial charge in [-0.2, -0.15) is 0 Å². The average Bonchev–Trinajstić information content (AvgIpc) is 2.88. The van der Waals surface area contributed by atoms with Crippen molar-refractivity contribution in [1.29, 1.82) is 0 Å². The maximum absolute atomic E-state index is 11.9. The van der Waals surface area contributed by atoms with Gasteiger partial charge in [0.15, 0.2) is 0 Å². The molecule has 0 atom stereocenters. The van der Waals surface area contributed by atoms with Gasteiger partial charge in [0, 0.05) is 27.6 Å². The molecule has 2 amide bonds. The smallest absolute Gasteiger partial charge is 0.319 e. The Kier molecular flexibility index (Phi) is 4.54. The molecule has 0 unspecified atom stereocenters. The number of fused-ring (bicyclic) bond motifs is 1. The van der Waals surface area contributed by atoms with E-state index in [4.69, 9.17) is 11.6 Å². The molecule has 3 aromatic rings. The molecule has 5 nitrogen and oxygen atoms in total.